The number of benzene rings is 1. The van der Waals surface area contributed by atoms with Crippen molar-refractivity contribution in [3.05, 3.63) is 30.6 Å². The molecule has 1 unspecified atom stereocenters. The summed E-state index contributed by atoms with van der Waals surface area (Å²) >= 11 is 0. The summed E-state index contributed by atoms with van der Waals surface area (Å²) in [4.78, 5) is 11.2. The van der Waals surface area contributed by atoms with E-state index in [2.05, 4.69) is 46.2 Å². The first-order valence-electron chi connectivity index (χ1n) is 6.94. The van der Waals surface area contributed by atoms with Gasteiger partial charge in [-0.15, -0.1) is 0 Å². The maximum absolute atomic E-state index is 4.51. The van der Waals surface area contributed by atoms with Crippen LogP contribution in [0.2, 0.25) is 0 Å². The van der Waals surface area contributed by atoms with Gasteiger partial charge in [-0.1, -0.05) is 26.0 Å². The molecule has 1 N–H and O–H groups in total. The van der Waals surface area contributed by atoms with E-state index in [1.54, 1.807) is 6.33 Å². The predicted octanol–water partition coefficient (Wildman–Crippen LogP) is 2.06. The highest BCUT2D eigenvalue weighted by Crippen LogP contribution is 2.24. The lowest BCUT2D eigenvalue weighted by Gasteiger charge is -2.36. The molecule has 1 aliphatic heterocycles. The largest absolute Gasteiger partial charge is 0.353 e. The van der Waals surface area contributed by atoms with Gasteiger partial charge in [-0.3, -0.25) is 0 Å². The summed E-state index contributed by atoms with van der Waals surface area (Å²) in [6, 6.07) is 8.76. The SMILES string of the molecule is CC(C)C1CN(c2ncnc3ccccc23)CCN1. The summed E-state index contributed by atoms with van der Waals surface area (Å²) in [6.07, 6.45) is 1.67. The molecule has 4 heteroatoms. The molecule has 1 atom stereocenters. The molecule has 1 saturated heterocycles. The molecule has 0 radical (unpaired) electrons. The Bertz CT molecular complexity index is 562. The zero-order valence-electron chi connectivity index (χ0n) is 11.5. The minimum absolute atomic E-state index is 0.530. The van der Waals surface area contributed by atoms with E-state index >= 15 is 0 Å². The normalized spacial score (nSPS) is 20.2. The van der Waals surface area contributed by atoms with E-state index in [0.29, 0.717) is 12.0 Å². The van der Waals surface area contributed by atoms with E-state index in [9.17, 15) is 0 Å². The van der Waals surface area contributed by atoms with Crippen molar-refractivity contribution < 1.29 is 0 Å². The summed E-state index contributed by atoms with van der Waals surface area (Å²) in [6.45, 7) is 7.56. The molecule has 2 aromatic rings. The molecule has 2 heterocycles. The molecule has 0 amide bonds. The van der Waals surface area contributed by atoms with Crippen molar-refractivity contribution in [3.8, 4) is 0 Å². The minimum atomic E-state index is 0.530. The van der Waals surface area contributed by atoms with Crippen molar-refractivity contribution in [3.63, 3.8) is 0 Å². The van der Waals surface area contributed by atoms with E-state index in [1.165, 1.54) is 0 Å². The first-order chi connectivity index (χ1) is 9.25. The number of hydrogen-bond acceptors (Lipinski definition) is 4. The predicted molar refractivity (Wildman–Crippen MR) is 78.4 cm³/mol. The van der Waals surface area contributed by atoms with E-state index < -0.39 is 0 Å². The van der Waals surface area contributed by atoms with Crippen molar-refractivity contribution >= 4 is 16.7 Å². The fourth-order valence-corrected chi connectivity index (χ4v) is 2.66. The Kier molecular flexibility index (Phi) is 3.34. The van der Waals surface area contributed by atoms with Gasteiger partial charge in [-0.05, 0) is 18.1 Å². The lowest BCUT2D eigenvalue weighted by Crippen LogP contribution is -2.53. The first kappa shape index (κ1) is 12.4. The smallest absolute Gasteiger partial charge is 0.139 e. The third-order valence-electron chi connectivity index (χ3n) is 3.83. The number of rotatable bonds is 2. The molecule has 1 aromatic heterocycles. The number of para-hydroxylation sites is 1. The molecule has 3 rings (SSSR count). The second-order valence-electron chi connectivity index (χ2n) is 5.47. The van der Waals surface area contributed by atoms with E-state index in [4.69, 9.17) is 0 Å². The first-order valence-corrected chi connectivity index (χ1v) is 6.94. The molecule has 4 nitrogen and oxygen atoms in total. The van der Waals surface area contributed by atoms with Gasteiger partial charge in [0.1, 0.15) is 12.1 Å². The minimum Gasteiger partial charge on any atom is -0.353 e. The third-order valence-corrected chi connectivity index (χ3v) is 3.83. The maximum atomic E-state index is 4.51. The zero-order chi connectivity index (χ0) is 13.2. The molecule has 19 heavy (non-hydrogen) atoms. The molecule has 0 bridgehead atoms. The van der Waals surface area contributed by atoms with Gasteiger partial charge in [-0.25, -0.2) is 9.97 Å². The molecule has 0 saturated carbocycles. The average molecular weight is 256 g/mol. The standard InChI is InChI=1S/C15H20N4/c1-11(2)14-9-19(8-7-16-14)15-12-5-3-4-6-13(12)17-10-18-15/h3-6,10-11,14,16H,7-9H2,1-2H3. The Labute approximate surface area is 113 Å². The van der Waals surface area contributed by atoms with Crippen molar-refractivity contribution in [1.29, 1.82) is 0 Å². The molecular weight excluding hydrogens is 236 g/mol. The fourth-order valence-electron chi connectivity index (χ4n) is 2.66. The number of piperazine rings is 1. The van der Waals surface area contributed by atoms with Gasteiger partial charge in [0.05, 0.1) is 5.52 Å². The van der Waals surface area contributed by atoms with E-state index in [-0.39, 0.29) is 0 Å². The van der Waals surface area contributed by atoms with Crippen molar-refractivity contribution in [1.82, 2.24) is 15.3 Å². The lowest BCUT2D eigenvalue weighted by molar-refractivity contribution is 0.367. The molecule has 1 fully saturated rings. The molecule has 100 valence electrons. The molecule has 0 spiro atoms. The summed E-state index contributed by atoms with van der Waals surface area (Å²) in [5, 5.41) is 4.73. The van der Waals surface area contributed by atoms with Crippen LogP contribution in [0.3, 0.4) is 0 Å². The highest BCUT2D eigenvalue weighted by atomic mass is 15.2. The average Bonchev–Trinajstić information content (AvgIpc) is 2.47. The number of nitrogens with one attached hydrogen (secondary N) is 1. The van der Waals surface area contributed by atoms with Crippen LogP contribution >= 0.6 is 0 Å². The van der Waals surface area contributed by atoms with Crippen LogP contribution in [0.15, 0.2) is 30.6 Å². The summed E-state index contributed by atoms with van der Waals surface area (Å²) in [5.74, 6) is 1.70. The van der Waals surface area contributed by atoms with E-state index in [0.717, 1.165) is 36.4 Å². The fraction of sp³-hybridized carbons (Fsp3) is 0.467. The Balaban J connectivity index is 1.95. The molecule has 0 aliphatic carbocycles. The van der Waals surface area contributed by atoms with Crippen molar-refractivity contribution in [2.45, 2.75) is 19.9 Å². The van der Waals surface area contributed by atoms with Crippen LogP contribution in [0.4, 0.5) is 5.82 Å². The van der Waals surface area contributed by atoms with Crippen molar-refractivity contribution in [2.24, 2.45) is 5.92 Å². The zero-order valence-corrected chi connectivity index (χ0v) is 11.5. The number of aromatic nitrogens is 2. The Morgan fingerprint density at radius 3 is 2.95 bits per heavy atom. The van der Waals surface area contributed by atoms with Crippen molar-refractivity contribution in [2.75, 3.05) is 24.5 Å². The van der Waals surface area contributed by atoms with Crippen LogP contribution in [-0.4, -0.2) is 35.6 Å². The number of hydrogen-bond donors (Lipinski definition) is 1. The quantitative estimate of drug-likeness (QED) is 0.893. The summed E-state index contributed by atoms with van der Waals surface area (Å²) in [5.41, 5.74) is 1.02. The van der Waals surface area contributed by atoms with Gasteiger partial charge in [0.25, 0.3) is 0 Å². The van der Waals surface area contributed by atoms with Gasteiger partial charge < -0.3 is 10.2 Å². The van der Waals surface area contributed by atoms with Gasteiger partial charge >= 0.3 is 0 Å². The number of nitrogens with zero attached hydrogens (tertiary/aromatic N) is 3. The van der Waals surface area contributed by atoms with Gasteiger partial charge in [0.15, 0.2) is 0 Å². The van der Waals surface area contributed by atoms with Crippen LogP contribution < -0.4 is 10.2 Å². The molecule has 1 aromatic carbocycles. The maximum Gasteiger partial charge on any atom is 0.139 e. The van der Waals surface area contributed by atoms with E-state index in [1.807, 2.05) is 12.1 Å². The summed E-state index contributed by atoms with van der Waals surface area (Å²) < 4.78 is 0. The topological polar surface area (TPSA) is 41.1 Å². The highest BCUT2D eigenvalue weighted by Gasteiger charge is 2.23. The monoisotopic (exact) mass is 256 g/mol. The Morgan fingerprint density at radius 2 is 2.11 bits per heavy atom. The number of anilines is 1. The Hall–Kier alpha value is -1.68. The Morgan fingerprint density at radius 1 is 1.26 bits per heavy atom. The van der Waals surface area contributed by atoms with Gasteiger partial charge in [-0.2, -0.15) is 0 Å². The third kappa shape index (κ3) is 2.40. The summed E-state index contributed by atoms with van der Waals surface area (Å²) in [7, 11) is 0. The second-order valence-corrected chi connectivity index (χ2v) is 5.47. The van der Waals surface area contributed by atoms with Crippen LogP contribution in [-0.2, 0) is 0 Å². The lowest BCUT2D eigenvalue weighted by atomic mass is 10.0. The second kappa shape index (κ2) is 5.13. The van der Waals surface area contributed by atoms with Crippen LogP contribution in [0.1, 0.15) is 13.8 Å². The van der Waals surface area contributed by atoms with Gasteiger partial charge in [0.2, 0.25) is 0 Å². The van der Waals surface area contributed by atoms with Crippen LogP contribution in [0.5, 0.6) is 0 Å². The molecule has 1 aliphatic rings. The highest BCUT2D eigenvalue weighted by molar-refractivity contribution is 5.89. The molecular formula is C15H20N4. The van der Waals surface area contributed by atoms with Crippen LogP contribution in [0, 0.1) is 5.92 Å². The van der Waals surface area contributed by atoms with Crippen LogP contribution in [0.25, 0.3) is 10.9 Å². The number of fused-ring (bicyclic) bond motifs is 1. The van der Waals surface area contributed by atoms with Gasteiger partial charge in [0, 0.05) is 31.1 Å².